The minimum absolute atomic E-state index is 0.169. The maximum absolute atomic E-state index is 13.7. The zero-order valence-electron chi connectivity index (χ0n) is 10.1. The molecule has 1 saturated heterocycles. The van der Waals surface area contributed by atoms with Crippen molar-refractivity contribution in [2.45, 2.75) is 32.0 Å². The number of nitrogens with two attached hydrogens (primary N) is 1. The zero-order valence-corrected chi connectivity index (χ0v) is 10.1. The Morgan fingerprint density at radius 2 is 2.11 bits per heavy atom. The van der Waals surface area contributed by atoms with Crippen molar-refractivity contribution in [1.29, 1.82) is 0 Å². The Morgan fingerprint density at radius 3 is 2.72 bits per heavy atom. The number of rotatable bonds is 3. The van der Waals surface area contributed by atoms with Crippen LogP contribution in [-0.2, 0) is 4.74 Å². The van der Waals surface area contributed by atoms with E-state index >= 15 is 0 Å². The number of ether oxygens (including phenoxy) is 1. The van der Waals surface area contributed by atoms with Crippen molar-refractivity contribution >= 4 is 5.78 Å². The van der Waals surface area contributed by atoms with Crippen molar-refractivity contribution < 1.29 is 18.3 Å². The van der Waals surface area contributed by atoms with Gasteiger partial charge in [0.05, 0.1) is 11.7 Å². The summed E-state index contributed by atoms with van der Waals surface area (Å²) < 4.78 is 32.5. The van der Waals surface area contributed by atoms with Crippen LogP contribution in [0.25, 0.3) is 0 Å². The second-order valence-corrected chi connectivity index (χ2v) is 4.48. The van der Waals surface area contributed by atoms with E-state index in [4.69, 9.17) is 10.5 Å². The van der Waals surface area contributed by atoms with Gasteiger partial charge in [-0.3, -0.25) is 4.79 Å². The van der Waals surface area contributed by atoms with Gasteiger partial charge in [-0.1, -0.05) is 6.07 Å². The van der Waals surface area contributed by atoms with E-state index in [-0.39, 0.29) is 17.2 Å². The molecule has 1 aromatic carbocycles. The predicted octanol–water partition coefficient (Wildman–Crippen LogP) is 1.96. The van der Waals surface area contributed by atoms with Crippen LogP contribution in [0, 0.1) is 18.6 Å². The minimum Gasteiger partial charge on any atom is -0.366 e. The fourth-order valence-corrected chi connectivity index (χ4v) is 2.08. The first-order chi connectivity index (χ1) is 8.54. The largest absolute Gasteiger partial charge is 0.366 e. The van der Waals surface area contributed by atoms with E-state index in [1.54, 1.807) is 0 Å². The fourth-order valence-electron chi connectivity index (χ4n) is 2.08. The van der Waals surface area contributed by atoms with E-state index < -0.39 is 23.5 Å². The van der Waals surface area contributed by atoms with Crippen molar-refractivity contribution in [3.63, 3.8) is 0 Å². The highest BCUT2D eigenvalue weighted by molar-refractivity contribution is 6.00. The SMILES string of the molecule is Cc1ccc(C(=O)C2CCC(CN)O2)c(F)c1F. The molecule has 0 amide bonds. The molecule has 1 aromatic rings. The van der Waals surface area contributed by atoms with E-state index in [1.165, 1.54) is 19.1 Å². The summed E-state index contributed by atoms with van der Waals surface area (Å²) in [4.78, 5) is 12.0. The number of Topliss-reactive ketones (excluding diaryl/α,β-unsaturated/α-hetero) is 1. The number of halogens is 2. The number of hydrogen-bond donors (Lipinski definition) is 1. The summed E-state index contributed by atoms with van der Waals surface area (Å²) in [7, 11) is 0. The second kappa shape index (κ2) is 5.12. The summed E-state index contributed by atoms with van der Waals surface area (Å²) >= 11 is 0. The lowest BCUT2D eigenvalue weighted by molar-refractivity contribution is 0.0400. The zero-order chi connectivity index (χ0) is 13.3. The minimum atomic E-state index is -1.10. The Labute approximate surface area is 104 Å². The number of ketones is 1. The number of hydrogen-bond acceptors (Lipinski definition) is 3. The molecule has 0 radical (unpaired) electrons. The fraction of sp³-hybridized carbons (Fsp3) is 0.462. The van der Waals surface area contributed by atoms with E-state index in [2.05, 4.69) is 0 Å². The van der Waals surface area contributed by atoms with E-state index in [0.717, 1.165) is 0 Å². The topological polar surface area (TPSA) is 52.3 Å². The first-order valence-electron chi connectivity index (χ1n) is 5.89. The average Bonchev–Trinajstić information content (AvgIpc) is 2.84. The molecule has 0 spiro atoms. The maximum atomic E-state index is 13.7. The van der Waals surface area contributed by atoms with Gasteiger partial charge in [-0.2, -0.15) is 0 Å². The standard InChI is InChI=1S/C13H15F2NO2/c1-7-2-4-9(12(15)11(7)14)13(17)10-5-3-8(6-16)18-10/h2,4,8,10H,3,5-6,16H2,1H3. The molecular weight excluding hydrogens is 240 g/mol. The summed E-state index contributed by atoms with van der Waals surface area (Å²) in [5.41, 5.74) is 5.37. The quantitative estimate of drug-likeness (QED) is 0.840. The van der Waals surface area contributed by atoms with Crippen LogP contribution in [0.1, 0.15) is 28.8 Å². The highest BCUT2D eigenvalue weighted by Crippen LogP contribution is 2.24. The number of carbonyl (C=O) groups excluding carboxylic acids is 1. The molecule has 0 bridgehead atoms. The van der Waals surface area contributed by atoms with Gasteiger partial charge in [-0.25, -0.2) is 8.78 Å². The van der Waals surface area contributed by atoms with E-state index in [9.17, 15) is 13.6 Å². The number of carbonyl (C=O) groups is 1. The molecule has 1 aliphatic rings. The van der Waals surface area contributed by atoms with Crippen molar-refractivity contribution in [2.75, 3.05) is 6.54 Å². The summed E-state index contributed by atoms with van der Waals surface area (Å²) in [5, 5.41) is 0. The highest BCUT2D eigenvalue weighted by Gasteiger charge is 2.32. The molecule has 2 rings (SSSR count). The smallest absolute Gasteiger partial charge is 0.194 e. The predicted molar refractivity (Wildman–Crippen MR) is 62.4 cm³/mol. The van der Waals surface area contributed by atoms with Crippen molar-refractivity contribution in [3.05, 3.63) is 34.9 Å². The van der Waals surface area contributed by atoms with Gasteiger partial charge in [0.2, 0.25) is 0 Å². The van der Waals surface area contributed by atoms with Crippen LogP contribution in [0.4, 0.5) is 8.78 Å². The van der Waals surface area contributed by atoms with Crippen LogP contribution in [0.3, 0.4) is 0 Å². The summed E-state index contributed by atoms with van der Waals surface area (Å²) in [6.45, 7) is 1.78. The van der Waals surface area contributed by atoms with Gasteiger partial charge >= 0.3 is 0 Å². The molecule has 2 unspecified atom stereocenters. The van der Waals surface area contributed by atoms with E-state index in [0.29, 0.717) is 19.4 Å². The van der Waals surface area contributed by atoms with Crippen LogP contribution >= 0.6 is 0 Å². The van der Waals surface area contributed by atoms with Crippen molar-refractivity contribution in [2.24, 2.45) is 5.73 Å². The maximum Gasteiger partial charge on any atom is 0.194 e. The first-order valence-corrected chi connectivity index (χ1v) is 5.89. The highest BCUT2D eigenvalue weighted by atomic mass is 19.2. The molecular formula is C13H15F2NO2. The van der Waals surface area contributed by atoms with Crippen LogP contribution < -0.4 is 5.73 Å². The molecule has 2 N–H and O–H groups in total. The third-order valence-corrected chi connectivity index (χ3v) is 3.20. The monoisotopic (exact) mass is 255 g/mol. The molecule has 5 heteroatoms. The summed E-state index contributed by atoms with van der Waals surface area (Å²) in [6, 6.07) is 2.69. The molecule has 3 nitrogen and oxygen atoms in total. The van der Waals surface area contributed by atoms with Crippen LogP contribution in [0.15, 0.2) is 12.1 Å². The molecule has 98 valence electrons. The molecule has 0 saturated carbocycles. The Balaban J connectivity index is 2.22. The third-order valence-electron chi connectivity index (χ3n) is 3.20. The lowest BCUT2D eigenvalue weighted by atomic mass is 10.0. The first kappa shape index (κ1) is 13.1. The Morgan fingerprint density at radius 1 is 1.39 bits per heavy atom. The number of benzene rings is 1. The molecule has 2 atom stereocenters. The molecule has 1 heterocycles. The van der Waals surface area contributed by atoms with Gasteiger partial charge in [0.1, 0.15) is 6.10 Å². The van der Waals surface area contributed by atoms with Crippen molar-refractivity contribution in [1.82, 2.24) is 0 Å². The molecule has 18 heavy (non-hydrogen) atoms. The third kappa shape index (κ3) is 2.28. The Kier molecular flexibility index (Phi) is 3.73. The van der Waals surface area contributed by atoms with Gasteiger partial charge < -0.3 is 10.5 Å². The molecule has 0 aromatic heterocycles. The van der Waals surface area contributed by atoms with Crippen LogP contribution in [0.5, 0.6) is 0 Å². The van der Waals surface area contributed by atoms with Gasteiger partial charge in [0, 0.05) is 6.54 Å². The summed E-state index contributed by atoms with van der Waals surface area (Å²) in [6.07, 6.45) is 0.283. The van der Waals surface area contributed by atoms with Gasteiger partial charge in [0.15, 0.2) is 17.4 Å². The van der Waals surface area contributed by atoms with Crippen LogP contribution in [-0.4, -0.2) is 24.5 Å². The van der Waals surface area contributed by atoms with Gasteiger partial charge in [0.25, 0.3) is 0 Å². The lowest BCUT2D eigenvalue weighted by Crippen LogP contribution is -2.26. The number of aryl methyl sites for hydroxylation is 1. The molecule has 1 aliphatic heterocycles. The Bertz CT molecular complexity index is 476. The van der Waals surface area contributed by atoms with E-state index in [1.807, 2.05) is 0 Å². The lowest BCUT2D eigenvalue weighted by Gasteiger charge is -2.12. The Hall–Kier alpha value is -1.33. The second-order valence-electron chi connectivity index (χ2n) is 4.48. The van der Waals surface area contributed by atoms with Gasteiger partial charge in [-0.05, 0) is 31.4 Å². The van der Waals surface area contributed by atoms with Gasteiger partial charge in [-0.15, -0.1) is 0 Å². The molecule has 1 fully saturated rings. The van der Waals surface area contributed by atoms with Crippen LogP contribution in [0.2, 0.25) is 0 Å². The average molecular weight is 255 g/mol. The summed E-state index contributed by atoms with van der Waals surface area (Å²) in [5.74, 6) is -2.59. The molecule has 0 aliphatic carbocycles. The van der Waals surface area contributed by atoms with Crippen molar-refractivity contribution in [3.8, 4) is 0 Å². The normalized spacial score (nSPS) is 23.3.